The maximum Gasteiger partial charge on any atom is 0.409 e. The fourth-order valence-electron chi connectivity index (χ4n) is 10.3. The molecule has 1 aromatic rings. The summed E-state index contributed by atoms with van der Waals surface area (Å²) in [7, 11) is 4.45. The Hall–Kier alpha value is -4.99. The first kappa shape index (κ1) is 53.8. The molecule has 7 aliphatic rings. The van der Waals surface area contributed by atoms with Crippen LogP contribution < -0.4 is 15.0 Å². The number of ether oxygens (including phenoxy) is 6. The van der Waals surface area contributed by atoms with E-state index in [9.17, 15) is 38.7 Å². The highest BCUT2D eigenvalue weighted by atomic mass is 35.5. The lowest BCUT2D eigenvalue weighted by molar-refractivity contribution is -0.328. The van der Waals surface area contributed by atoms with Gasteiger partial charge >= 0.3 is 18.0 Å². The molecule has 3 unspecified atom stereocenters. The van der Waals surface area contributed by atoms with Gasteiger partial charge in [0.1, 0.15) is 40.3 Å². The Morgan fingerprint density at radius 2 is 1.75 bits per heavy atom. The highest BCUT2D eigenvalue weighted by Gasteiger charge is 2.63. The van der Waals surface area contributed by atoms with Crippen LogP contribution >= 0.6 is 23.4 Å². The molecule has 8 atom stereocenters. The van der Waals surface area contributed by atoms with Crippen LogP contribution in [0.15, 0.2) is 48.2 Å². The number of carbonyl (C=O) groups excluding carboxylic acids is 7. The third kappa shape index (κ3) is 11.9. The number of allylic oxidation sites excluding steroid dienone is 4. The van der Waals surface area contributed by atoms with Crippen LogP contribution in [-0.4, -0.2) is 143 Å². The fourth-order valence-corrected chi connectivity index (χ4v) is 11.7. The average Bonchev–Trinajstić information content (AvgIpc) is 3.77. The Morgan fingerprint density at radius 1 is 1.03 bits per heavy atom. The molecule has 6 heterocycles. The van der Waals surface area contributed by atoms with Crippen molar-refractivity contribution in [3.63, 3.8) is 0 Å². The highest BCUT2D eigenvalue weighted by molar-refractivity contribution is 8.00. The Labute approximate surface area is 422 Å². The van der Waals surface area contributed by atoms with E-state index in [0.29, 0.717) is 55.7 Å². The smallest absolute Gasteiger partial charge is 0.409 e. The highest BCUT2D eigenvalue weighted by Crippen LogP contribution is 2.51. The van der Waals surface area contributed by atoms with Crippen molar-refractivity contribution in [2.45, 2.75) is 145 Å². The molecule has 19 nitrogen and oxygen atoms in total. The van der Waals surface area contributed by atoms with Crippen LogP contribution in [0, 0.1) is 11.8 Å². The number of imide groups is 1. The second-order valence-electron chi connectivity index (χ2n) is 19.8. The van der Waals surface area contributed by atoms with Crippen LogP contribution in [0.2, 0.25) is 5.02 Å². The molecular formula is C50H65ClN4O15S. The van der Waals surface area contributed by atoms with E-state index in [1.807, 2.05) is 13.0 Å². The quantitative estimate of drug-likeness (QED) is 0.142. The van der Waals surface area contributed by atoms with Crippen LogP contribution in [0.5, 0.6) is 5.75 Å². The van der Waals surface area contributed by atoms with E-state index in [4.69, 9.17) is 44.9 Å². The number of anilines is 1. The largest absolute Gasteiger partial charge is 0.495 e. The van der Waals surface area contributed by atoms with E-state index >= 15 is 0 Å². The Morgan fingerprint density at radius 3 is 2.41 bits per heavy atom. The van der Waals surface area contributed by atoms with E-state index in [1.165, 1.54) is 42.7 Å². The number of aliphatic hydroxyl groups is 1. The van der Waals surface area contributed by atoms with Crippen LogP contribution in [0.25, 0.3) is 0 Å². The number of alkyl carbamates (subject to hydrolysis) is 1. The van der Waals surface area contributed by atoms with Crippen molar-refractivity contribution in [2.75, 3.05) is 45.1 Å². The molecule has 2 N–H and O–H groups in total. The first-order valence-corrected chi connectivity index (χ1v) is 25.4. The molecule has 71 heavy (non-hydrogen) atoms. The third-order valence-electron chi connectivity index (χ3n) is 14.4. The standard InChI is InChI=1S/C50H65ClN4O15S/c1-28-10-9-11-37(65-8)50(63)25-39(68-47(62)52-50)49(5)27-48(4,70-49)38(24-41(57)53(6)34-21-32(20-28)22-35(64-7)43(34)51)67-45(60)30(3)66-18-19-71-36-23-42(58)54(44(36)59)26-31-13-15-33(16-14-31)46(61)69-55-29(2)12-17-40(55)56/h9-11,21-22,30-31,33,36-39,63H,2,12-20,23-27H2,1,3-8H3,(H,52,62)/b11-9+,28-10+/t30-,31-,33-,36?,37+,38-,39?,48+,49?,50-/m0/s1. The summed E-state index contributed by atoms with van der Waals surface area (Å²) in [6.07, 6.45) is 3.08. The number of hydrogen-bond donors (Lipinski definition) is 2. The summed E-state index contributed by atoms with van der Waals surface area (Å²) in [5.41, 5.74) is -1.88. The molecule has 0 radical (unpaired) electrons. The lowest BCUT2D eigenvalue weighted by atomic mass is 9.72. The zero-order chi connectivity index (χ0) is 51.6. The van der Waals surface area contributed by atoms with E-state index in [0.717, 1.165) is 16.2 Å². The zero-order valence-electron chi connectivity index (χ0n) is 41.3. The minimum Gasteiger partial charge on any atom is -0.495 e. The van der Waals surface area contributed by atoms with Gasteiger partial charge in [-0.3, -0.25) is 29.4 Å². The molecule has 1 aliphatic carbocycles. The summed E-state index contributed by atoms with van der Waals surface area (Å²) in [6, 6.07) is 3.55. The molecule has 388 valence electrons. The summed E-state index contributed by atoms with van der Waals surface area (Å²) in [5.74, 6) is -2.34. The maximum atomic E-state index is 14.3. The molecular weight excluding hydrogens is 964 g/mol. The van der Waals surface area contributed by atoms with Crippen molar-refractivity contribution in [1.29, 1.82) is 0 Å². The van der Waals surface area contributed by atoms with Crippen LogP contribution in [-0.2, 0) is 63.7 Å². The van der Waals surface area contributed by atoms with Gasteiger partial charge in [-0.25, -0.2) is 14.4 Å². The number of hydroxylamine groups is 2. The minimum absolute atomic E-state index is 0.0203. The SMILES string of the molecule is C=C1CCC(=O)N1OC(=O)[C@H]1CC[C@H](CN2C(=O)CC(SCCO[C@@H](C)C(=O)O[C@H]3CC(=O)N(C)c4cc(cc(OC)c4Cl)C/C(C)=C/C=C/[C@@H](OC)[C@@]4(O)CC(OC(=O)N4)C4(C)C[C@@]3(C)O4)C2=O)CC1. The monoisotopic (exact) mass is 1030 g/mol. The predicted molar refractivity (Wildman–Crippen MR) is 259 cm³/mol. The number of fused-ring (bicyclic) bond motifs is 6. The minimum atomic E-state index is -1.89. The molecule has 6 aliphatic heterocycles. The van der Waals surface area contributed by atoms with Gasteiger partial charge in [0.2, 0.25) is 17.7 Å². The first-order valence-electron chi connectivity index (χ1n) is 24.0. The van der Waals surface area contributed by atoms with Gasteiger partial charge < -0.3 is 43.3 Å². The second-order valence-corrected chi connectivity index (χ2v) is 21.5. The maximum absolute atomic E-state index is 14.3. The van der Waals surface area contributed by atoms with Gasteiger partial charge in [0.05, 0.1) is 42.7 Å². The van der Waals surface area contributed by atoms with E-state index < -0.39 is 76.4 Å². The number of rotatable bonds is 13. The van der Waals surface area contributed by atoms with Crippen LogP contribution in [0.3, 0.4) is 0 Å². The van der Waals surface area contributed by atoms with Crippen molar-refractivity contribution < 1.29 is 71.9 Å². The molecule has 0 spiro atoms. The number of hydrogen-bond acceptors (Lipinski definition) is 16. The second kappa shape index (κ2) is 22.0. The van der Waals surface area contributed by atoms with Crippen molar-refractivity contribution in [3.8, 4) is 5.75 Å². The first-order chi connectivity index (χ1) is 33.6. The summed E-state index contributed by atoms with van der Waals surface area (Å²) >= 11 is 8.06. The summed E-state index contributed by atoms with van der Waals surface area (Å²) in [5, 5.41) is 14.9. The van der Waals surface area contributed by atoms with Gasteiger partial charge in [-0.15, -0.1) is 16.8 Å². The number of nitrogens with one attached hydrogen (secondary N) is 1. The van der Waals surface area contributed by atoms with Gasteiger partial charge in [-0.05, 0) is 89.8 Å². The van der Waals surface area contributed by atoms with Crippen molar-refractivity contribution >= 4 is 70.7 Å². The molecule has 8 rings (SSSR count). The van der Waals surface area contributed by atoms with E-state index in [2.05, 4.69) is 11.9 Å². The molecule has 5 amide bonds. The number of likely N-dealkylation sites (tertiary alicyclic amines) is 1. The summed E-state index contributed by atoms with van der Waals surface area (Å²) in [4.78, 5) is 100. The Kier molecular flexibility index (Phi) is 16.7. The van der Waals surface area contributed by atoms with Crippen molar-refractivity contribution in [1.82, 2.24) is 15.3 Å². The van der Waals surface area contributed by atoms with Gasteiger partial charge in [0.15, 0.2) is 11.8 Å². The topological polar surface area (TPSA) is 226 Å². The predicted octanol–water partition coefficient (Wildman–Crippen LogP) is 5.48. The van der Waals surface area contributed by atoms with Crippen LogP contribution in [0.1, 0.15) is 97.5 Å². The van der Waals surface area contributed by atoms with Gasteiger partial charge in [-0.1, -0.05) is 42.0 Å². The van der Waals surface area contributed by atoms with Crippen molar-refractivity contribution in [2.24, 2.45) is 11.8 Å². The Bertz CT molecular complexity index is 2330. The lowest BCUT2D eigenvalue weighted by Crippen LogP contribution is -2.72. The molecule has 1 saturated carbocycles. The number of carbonyl (C=O) groups is 7. The lowest BCUT2D eigenvalue weighted by Gasteiger charge is -2.59. The molecule has 4 saturated heterocycles. The number of thioether (sulfide) groups is 1. The third-order valence-corrected chi connectivity index (χ3v) is 15.9. The molecule has 1 aromatic carbocycles. The van der Waals surface area contributed by atoms with Gasteiger partial charge in [0.25, 0.3) is 5.91 Å². The normalized spacial score (nSPS) is 33.1. The fraction of sp³-hybridized carbons (Fsp3) is 0.620. The molecule has 6 bridgehead atoms. The average molecular weight is 1030 g/mol. The van der Waals surface area contributed by atoms with Crippen LogP contribution in [0.4, 0.5) is 10.5 Å². The molecule has 0 aromatic heterocycles. The number of nitrogens with zero attached hydrogens (tertiary/aromatic N) is 3. The zero-order valence-corrected chi connectivity index (χ0v) is 42.9. The molecule has 5 fully saturated rings. The van der Waals surface area contributed by atoms with Gasteiger partial charge in [-0.2, -0.15) is 0 Å². The number of amides is 5. The van der Waals surface area contributed by atoms with Gasteiger partial charge in [0, 0.05) is 52.1 Å². The van der Waals surface area contributed by atoms with E-state index in [-0.39, 0.29) is 79.7 Å². The molecule has 21 heteroatoms. The number of methoxy groups -OCH3 is 2. The summed E-state index contributed by atoms with van der Waals surface area (Å²) < 4.78 is 35.5. The number of halogens is 1. The van der Waals surface area contributed by atoms with E-state index in [1.54, 1.807) is 45.2 Å². The Balaban J connectivity index is 0.976. The summed E-state index contributed by atoms with van der Waals surface area (Å²) in [6.45, 7) is 10.9. The number of benzene rings is 1. The van der Waals surface area contributed by atoms with Crippen molar-refractivity contribution in [3.05, 3.63) is 58.8 Å². The number of esters is 1.